The first-order chi connectivity index (χ1) is 10.5. The van der Waals surface area contributed by atoms with Crippen LogP contribution in [0, 0.1) is 5.82 Å². The molecule has 4 nitrogen and oxygen atoms in total. The molecule has 1 fully saturated rings. The number of hydrogen-bond donors (Lipinski definition) is 0. The van der Waals surface area contributed by atoms with Crippen molar-refractivity contribution in [2.75, 3.05) is 33.4 Å². The van der Waals surface area contributed by atoms with Crippen molar-refractivity contribution >= 4 is 5.91 Å². The van der Waals surface area contributed by atoms with Crippen LogP contribution < -0.4 is 0 Å². The first kappa shape index (κ1) is 16.9. The first-order valence-corrected chi connectivity index (χ1v) is 7.82. The molecule has 2 unspecified atom stereocenters. The molecule has 0 radical (unpaired) electrons. The number of benzene rings is 1. The molecule has 1 aliphatic rings. The van der Waals surface area contributed by atoms with Gasteiger partial charge in [0.15, 0.2) is 0 Å². The van der Waals surface area contributed by atoms with Gasteiger partial charge in [-0.3, -0.25) is 9.69 Å². The molecule has 0 N–H and O–H groups in total. The molecule has 0 spiro atoms. The summed E-state index contributed by atoms with van der Waals surface area (Å²) in [6.45, 7) is 7.34. The van der Waals surface area contributed by atoms with Crippen LogP contribution in [0.15, 0.2) is 24.3 Å². The van der Waals surface area contributed by atoms with Gasteiger partial charge in [-0.25, -0.2) is 4.39 Å². The third kappa shape index (κ3) is 4.05. The number of rotatable bonds is 5. The van der Waals surface area contributed by atoms with Crippen molar-refractivity contribution in [3.05, 3.63) is 35.6 Å². The van der Waals surface area contributed by atoms with Crippen LogP contribution in [-0.4, -0.2) is 61.1 Å². The summed E-state index contributed by atoms with van der Waals surface area (Å²) in [5.41, 5.74) is 0.423. The highest BCUT2D eigenvalue weighted by atomic mass is 19.1. The van der Waals surface area contributed by atoms with Crippen molar-refractivity contribution in [3.63, 3.8) is 0 Å². The molecule has 1 aliphatic heterocycles. The van der Waals surface area contributed by atoms with Crippen molar-refractivity contribution in [3.8, 4) is 0 Å². The van der Waals surface area contributed by atoms with E-state index in [1.165, 1.54) is 12.1 Å². The van der Waals surface area contributed by atoms with Crippen LogP contribution in [0.2, 0.25) is 0 Å². The van der Waals surface area contributed by atoms with Gasteiger partial charge in [-0.15, -0.1) is 0 Å². The summed E-state index contributed by atoms with van der Waals surface area (Å²) in [7, 11) is 1.71. The second-order valence-corrected chi connectivity index (χ2v) is 6.00. The highest BCUT2D eigenvalue weighted by Crippen LogP contribution is 2.18. The minimum Gasteiger partial charge on any atom is -0.385 e. The van der Waals surface area contributed by atoms with Crippen LogP contribution >= 0.6 is 0 Å². The topological polar surface area (TPSA) is 32.8 Å². The predicted octanol–water partition coefficient (Wildman–Crippen LogP) is 2.40. The van der Waals surface area contributed by atoms with Gasteiger partial charge >= 0.3 is 0 Å². The fourth-order valence-corrected chi connectivity index (χ4v) is 3.16. The Morgan fingerprint density at radius 1 is 1.32 bits per heavy atom. The number of piperazine rings is 1. The maximum atomic E-state index is 13.3. The zero-order chi connectivity index (χ0) is 16.1. The van der Waals surface area contributed by atoms with Crippen LogP contribution in [0.1, 0.15) is 30.6 Å². The van der Waals surface area contributed by atoms with E-state index >= 15 is 0 Å². The summed E-state index contributed by atoms with van der Waals surface area (Å²) >= 11 is 0. The van der Waals surface area contributed by atoms with E-state index in [0.717, 1.165) is 19.6 Å². The maximum absolute atomic E-state index is 13.3. The standard InChI is InChI=1S/C17H25FN2O2/c1-13-11-19(12-14(2)20(13)8-5-9-22-3)17(21)15-6-4-7-16(18)10-15/h4,6-7,10,13-14H,5,8-9,11-12H2,1-3H3. The van der Waals surface area contributed by atoms with Gasteiger partial charge in [-0.05, 0) is 38.5 Å². The molecule has 0 bridgehead atoms. The minimum atomic E-state index is -0.370. The molecule has 1 amide bonds. The van der Waals surface area contributed by atoms with Gasteiger partial charge in [-0.1, -0.05) is 6.07 Å². The van der Waals surface area contributed by atoms with Gasteiger partial charge in [0.1, 0.15) is 5.82 Å². The SMILES string of the molecule is COCCCN1C(C)CN(C(=O)c2cccc(F)c2)CC1C. The Hall–Kier alpha value is -1.46. The number of nitrogens with zero attached hydrogens (tertiary/aromatic N) is 2. The summed E-state index contributed by atoms with van der Waals surface area (Å²) in [4.78, 5) is 16.8. The molecule has 1 saturated heterocycles. The summed E-state index contributed by atoms with van der Waals surface area (Å²) in [5.74, 6) is -0.458. The molecule has 1 heterocycles. The number of carbonyl (C=O) groups is 1. The van der Waals surface area contributed by atoms with Gasteiger partial charge in [0, 0.05) is 51.0 Å². The smallest absolute Gasteiger partial charge is 0.254 e. The number of methoxy groups -OCH3 is 1. The summed E-state index contributed by atoms with van der Waals surface area (Å²) < 4.78 is 18.4. The highest BCUT2D eigenvalue weighted by molar-refractivity contribution is 5.94. The van der Waals surface area contributed by atoms with Crippen LogP contribution in [0.5, 0.6) is 0 Å². The lowest BCUT2D eigenvalue weighted by atomic mass is 10.1. The fourth-order valence-electron chi connectivity index (χ4n) is 3.16. The molecule has 1 aromatic carbocycles. The van der Waals surface area contributed by atoms with Crippen molar-refractivity contribution in [1.82, 2.24) is 9.80 Å². The number of ether oxygens (including phenoxy) is 1. The number of carbonyl (C=O) groups excluding carboxylic acids is 1. The molecule has 2 rings (SSSR count). The van der Waals surface area contributed by atoms with E-state index in [4.69, 9.17) is 4.74 Å². The molecule has 122 valence electrons. The van der Waals surface area contributed by atoms with Gasteiger partial charge in [0.2, 0.25) is 0 Å². The lowest BCUT2D eigenvalue weighted by Crippen LogP contribution is -2.58. The Bertz CT molecular complexity index is 497. The Balaban J connectivity index is 1.99. The predicted molar refractivity (Wildman–Crippen MR) is 84.4 cm³/mol. The molecule has 2 atom stereocenters. The van der Waals surface area contributed by atoms with E-state index in [0.29, 0.717) is 18.7 Å². The Kier molecular flexibility index (Phi) is 5.91. The van der Waals surface area contributed by atoms with Crippen molar-refractivity contribution in [2.24, 2.45) is 0 Å². The maximum Gasteiger partial charge on any atom is 0.254 e. The molecule has 0 saturated carbocycles. The van der Waals surface area contributed by atoms with E-state index in [2.05, 4.69) is 18.7 Å². The third-order valence-electron chi connectivity index (χ3n) is 4.23. The van der Waals surface area contributed by atoms with Crippen LogP contribution in [0.4, 0.5) is 4.39 Å². The average molecular weight is 308 g/mol. The lowest BCUT2D eigenvalue weighted by molar-refractivity contribution is 0.0270. The van der Waals surface area contributed by atoms with Gasteiger partial charge in [-0.2, -0.15) is 0 Å². The van der Waals surface area contributed by atoms with Gasteiger partial charge in [0.25, 0.3) is 5.91 Å². The van der Waals surface area contributed by atoms with E-state index in [1.807, 2.05) is 4.90 Å². The molecular weight excluding hydrogens is 283 g/mol. The van der Waals surface area contributed by atoms with Crippen molar-refractivity contribution < 1.29 is 13.9 Å². The number of amides is 1. The molecule has 0 aromatic heterocycles. The average Bonchev–Trinajstić information content (AvgIpc) is 2.49. The molecular formula is C17H25FN2O2. The zero-order valence-electron chi connectivity index (χ0n) is 13.6. The van der Waals surface area contributed by atoms with Crippen LogP contribution in [-0.2, 0) is 4.74 Å². The quantitative estimate of drug-likeness (QED) is 0.783. The lowest BCUT2D eigenvalue weighted by Gasteiger charge is -2.44. The molecule has 22 heavy (non-hydrogen) atoms. The number of hydrogen-bond acceptors (Lipinski definition) is 3. The van der Waals surface area contributed by atoms with Gasteiger partial charge in [0.05, 0.1) is 0 Å². The monoisotopic (exact) mass is 308 g/mol. The summed E-state index contributed by atoms with van der Waals surface area (Å²) in [5, 5.41) is 0. The van der Waals surface area contributed by atoms with E-state index < -0.39 is 0 Å². The van der Waals surface area contributed by atoms with Crippen LogP contribution in [0.25, 0.3) is 0 Å². The Morgan fingerprint density at radius 3 is 2.59 bits per heavy atom. The fraction of sp³-hybridized carbons (Fsp3) is 0.588. The highest BCUT2D eigenvalue weighted by Gasteiger charge is 2.31. The molecule has 1 aromatic rings. The molecule has 0 aliphatic carbocycles. The summed E-state index contributed by atoms with van der Waals surface area (Å²) in [6, 6.07) is 6.50. The van der Waals surface area contributed by atoms with Crippen molar-refractivity contribution in [1.29, 1.82) is 0 Å². The largest absolute Gasteiger partial charge is 0.385 e. The Morgan fingerprint density at radius 2 is 2.00 bits per heavy atom. The van der Waals surface area contributed by atoms with Crippen molar-refractivity contribution in [2.45, 2.75) is 32.4 Å². The second-order valence-electron chi connectivity index (χ2n) is 6.00. The van der Waals surface area contributed by atoms with E-state index in [9.17, 15) is 9.18 Å². The first-order valence-electron chi connectivity index (χ1n) is 7.82. The molecule has 5 heteroatoms. The van der Waals surface area contributed by atoms with Crippen LogP contribution in [0.3, 0.4) is 0 Å². The Labute approximate surface area is 131 Å². The second kappa shape index (κ2) is 7.70. The van der Waals surface area contributed by atoms with E-state index in [1.54, 1.807) is 19.2 Å². The van der Waals surface area contributed by atoms with E-state index in [-0.39, 0.29) is 23.8 Å². The van der Waals surface area contributed by atoms with Gasteiger partial charge < -0.3 is 9.64 Å². The minimum absolute atomic E-state index is 0.0882. The third-order valence-corrected chi connectivity index (χ3v) is 4.23. The normalized spacial score (nSPS) is 22.8. The number of halogens is 1. The summed E-state index contributed by atoms with van der Waals surface area (Å²) in [6.07, 6.45) is 0.989. The zero-order valence-corrected chi connectivity index (χ0v) is 13.6.